The van der Waals surface area contributed by atoms with E-state index in [2.05, 4.69) is 21.7 Å². The fourth-order valence-electron chi connectivity index (χ4n) is 2.27. The number of hydrogen-bond donors (Lipinski definition) is 2. The van der Waals surface area contributed by atoms with Crippen LogP contribution >= 0.6 is 11.6 Å². The lowest BCUT2D eigenvalue weighted by atomic mass is 10.1. The van der Waals surface area contributed by atoms with Gasteiger partial charge in [-0.15, -0.1) is 0 Å². The molecule has 0 aliphatic heterocycles. The van der Waals surface area contributed by atoms with Gasteiger partial charge in [-0.05, 0) is 47.6 Å². The SMILES string of the molecule is O=C(NCc1ccc(Cl)cc1)NCc1cncc(C2CC2)c1. The van der Waals surface area contributed by atoms with Gasteiger partial charge in [-0.25, -0.2) is 4.79 Å². The summed E-state index contributed by atoms with van der Waals surface area (Å²) in [5.74, 6) is 0.672. The molecule has 1 aromatic carbocycles. The molecule has 1 fully saturated rings. The highest BCUT2D eigenvalue weighted by molar-refractivity contribution is 6.30. The molecule has 2 amide bonds. The molecule has 3 rings (SSSR count). The number of carbonyl (C=O) groups excluding carboxylic acids is 1. The summed E-state index contributed by atoms with van der Waals surface area (Å²) in [6, 6.07) is 9.35. The third kappa shape index (κ3) is 4.21. The van der Waals surface area contributed by atoms with Crippen molar-refractivity contribution < 1.29 is 4.79 Å². The van der Waals surface area contributed by atoms with Crippen molar-refractivity contribution in [1.29, 1.82) is 0 Å². The molecule has 2 N–H and O–H groups in total. The molecule has 1 aliphatic carbocycles. The van der Waals surface area contributed by atoms with E-state index in [-0.39, 0.29) is 6.03 Å². The van der Waals surface area contributed by atoms with Gasteiger partial charge in [0.1, 0.15) is 0 Å². The zero-order valence-electron chi connectivity index (χ0n) is 12.2. The number of nitrogens with one attached hydrogen (secondary N) is 2. The second-order valence-electron chi connectivity index (χ2n) is 5.56. The molecule has 0 saturated heterocycles. The van der Waals surface area contributed by atoms with Crippen LogP contribution in [0.15, 0.2) is 42.7 Å². The number of rotatable bonds is 5. The maximum absolute atomic E-state index is 11.8. The van der Waals surface area contributed by atoms with E-state index in [0.717, 1.165) is 11.1 Å². The van der Waals surface area contributed by atoms with Gasteiger partial charge in [0.25, 0.3) is 0 Å². The predicted molar refractivity (Wildman–Crippen MR) is 86.7 cm³/mol. The van der Waals surface area contributed by atoms with E-state index >= 15 is 0 Å². The van der Waals surface area contributed by atoms with Gasteiger partial charge in [-0.1, -0.05) is 29.8 Å². The summed E-state index contributed by atoms with van der Waals surface area (Å²) in [6.07, 6.45) is 6.22. The highest BCUT2D eigenvalue weighted by Gasteiger charge is 2.23. The summed E-state index contributed by atoms with van der Waals surface area (Å²) in [6.45, 7) is 0.962. The normalized spacial score (nSPS) is 13.7. The summed E-state index contributed by atoms with van der Waals surface area (Å²) in [5.41, 5.74) is 3.32. The lowest BCUT2D eigenvalue weighted by Crippen LogP contribution is -2.34. The molecule has 0 radical (unpaired) electrons. The molecule has 114 valence electrons. The zero-order chi connectivity index (χ0) is 15.4. The van der Waals surface area contributed by atoms with Crippen molar-refractivity contribution in [2.75, 3.05) is 0 Å². The average molecular weight is 316 g/mol. The van der Waals surface area contributed by atoms with Crippen molar-refractivity contribution in [3.63, 3.8) is 0 Å². The Morgan fingerprint density at radius 1 is 1.09 bits per heavy atom. The number of nitrogens with zero attached hydrogens (tertiary/aromatic N) is 1. The average Bonchev–Trinajstić information content (AvgIpc) is 3.37. The Morgan fingerprint density at radius 3 is 2.45 bits per heavy atom. The molecular weight excluding hydrogens is 298 g/mol. The van der Waals surface area contributed by atoms with Crippen LogP contribution in [0.25, 0.3) is 0 Å². The highest BCUT2D eigenvalue weighted by Crippen LogP contribution is 2.39. The summed E-state index contributed by atoms with van der Waals surface area (Å²) >= 11 is 5.83. The first kappa shape index (κ1) is 14.9. The molecule has 5 heteroatoms. The Bertz CT molecular complexity index is 653. The molecule has 2 aromatic rings. The number of amides is 2. The summed E-state index contributed by atoms with van der Waals surface area (Å²) in [4.78, 5) is 16.1. The quantitative estimate of drug-likeness (QED) is 0.885. The fraction of sp³-hybridized carbons (Fsp3) is 0.294. The molecule has 1 saturated carbocycles. The lowest BCUT2D eigenvalue weighted by molar-refractivity contribution is 0.240. The molecule has 0 atom stereocenters. The predicted octanol–water partition coefficient (Wildman–Crippen LogP) is 3.61. The Balaban J connectivity index is 1.45. The topological polar surface area (TPSA) is 54.0 Å². The van der Waals surface area contributed by atoms with Gasteiger partial charge in [-0.3, -0.25) is 4.98 Å². The smallest absolute Gasteiger partial charge is 0.315 e. The molecule has 22 heavy (non-hydrogen) atoms. The number of pyridine rings is 1. The van der Waals surface area contributed by atoms with E-state index < -0.39 is 0 Å². The third-order valence-corrected chi connectivity index (χ3v) is 3.94. The van der Waals surface area contributed by atoms with Crippen LogP contribution in [0.3, 0.4) is 0 Å². The molecule has 0 spiro atoms. The van der Waals surface area contributed by atoms with Crippen LogP contribution in [-0.2, 0) is 13.1 Å². The van der Waals surface area contributed by atoms with Crippen LogP contribution < -0.4 is 10.6 Å². The van der Waals surface area contributed by atoms with Gasteiger partial charge in [0.05, 0.1) is 0 Å². The van der Waals surface area contributed by atoms with Crippen molar-refractivity contribution in [2.45, 2.75) is 31.8 Å². The van der Waals surface area contributed by atoms with Gasteiger partial charge >= 0.3 is 6.03 Å². The van der Waals surface area contributed by atoms with Crippen LogP contribution in [-0.4, -0.2) is 11.0 Å². The Labute approximate surface area is 134 Å². The van der Waals surface area contributed by atoms with E-state index in [9.17, 15) is 4.79 Å². The van der Waals surface area contributed by atoms with Crippen molar-refractivity contribution in [3.05, 3.63) is 64.4 Å². The van der Waals surface area contributed by atoms with Gasteiger partial charge in [0.2, 0.25) is 0 Å². The largest absolute Gasteiger partial charge is 0.334 e. The maximum atomic E-state index is 11.8. The molecular formula is C17H18ClN3O. The lowest BCUT2D eigenvalue weighted by Gasteiger charge is -2.08. The first-order chi connectivity index (χ1) is 10.7. The maximum Gasteiger partial charge on any atom is 0.315 e. The standard InChI is InChI=1S/C17H18ClN3O/c18-16-5-1-12(2-6-16)9-20-17(22)21-10-13-7-15(11-19-8-13)14-3-4-14/h1-2,5-8,11,14H,3-4,9-10H2,(H2,20,21,22). The molecule has 1 heterocycles. The van der Waals surface area contributed by atoms with Crippen molar-refractivity contribution >= 4 is 17.6 Å². The Hall–Kier alpha value is -2.07. The molecule has 0 unspecified atom stereocenters. The van der Waals surface area contributed by atoms with Crippen molar-refractivity contribution in [1.82, 2.24) is 15.6 Å². The number of aromatic nitrogens is 1. The summed E-state index contributed by atoms with van der Waals surface area (Å²) in [5, 5.41) is 6.37. The van der Waals surface area contributed by atoms with Gasteiger partial charge in [0.15, 0.2) is 0 Å². The first-order valence-corrected chi connectivity index (χ1v) is 7.78. The zero-order valence-corrected chi connectivity index (χ0v) is 12.9. The number of urea groups is 1. The minimum absolute atomic E-state index is 0.188. The third-order valence-electron chi connectivity index (χ3n) is 3.68. The van der Waals surface area contributed by atoms with E-state index in [1.807, 2.05) is 30.5 Å². The van der Waals surface area contributed by atoms with E-state index in [1.165, 1.54) is 18.4 Å². The van der Waals surface area contributed by atoms with Gasteiger partial charge in [0, 0.05) is 30.5 Å². The fourth-order valence-corrected chi connectivity index (χ4v) is 2.40. The van der Waals surface area contributed by atoms with Gasteiger partial charge in [-0.2, -0.15) is 0 Å². The molecule has 1 aliphatic rings. The Kier molecular flexibility index (Phi) is 4.59. The van der Waals surface area contributed by atoms with E-state index in [0.29, 0.717) is 24.0 Å². The van der Waals surface area contributed by atoms with E-state index in [1.54, 1.807) is 6.20 Å². The number of benzene rings is 1. The van der Waals surface area contributed by atoms with Crippen LogP contribution in [0.5, 0.6) is 0 Å². The monoisotopic (exact) mass is 315 g/mol. The first-order valence-electron chi connectivity index (χ1n) is 7.40. The minimum Gasteiger partial charge on any atom is -0.334 e. The van der Waals surface area contributed by atoms with Crippen LogP contribution in [0.4, 0.5) is 4.79 Å². The van der Waals surface area contributed by atoms with Crippen LogP contribution in [0.1, 0.15) is 35.4 Å². The van der Waals surface area contributed by atoms with Crippen LogP contribution in [0.2, 0.25) is 5.02 Å². The number of halogens is 1. The second kappa shape index (κ2) is 6.79. The summed E-state index contributed by atoms with van der Waals surface area (Å²) in [7, 11) is 0. The van der Waals surface area contributed by atoms with Crippen LogP contribution in [0, 0.1) is 0 Å². The number of carbonyl (C=O) groups is 1. The Morgan fingerprint density at radius 2 is 1.77 bits per heavy atom. The van der Waals surface area contributed by atoms with Crippen molar-refractivity contribution in [2.24, 2.45) is 0 Å². The second-order valence-corrected chi connectivity index (χ2v) is 6.00. The molecule has 4 nitrogen and oxygen atoms in total. The minimum atomic E-state index is -0.188. The van der Waals surface area contributed by atoms with E-state index in [4.69, 9.17) is 11.6 Å². The summed E-state index contributed by atoms with van der Waals surface area (Å²) < 4.78 is 0. The molecule has 0 bridgehead atoms. The molecule has 1 aromatic heterocycles. The number of hydrogen-bond acceptors (Lipinski definition) is 2. The van der Waals surface area contributed by atoms with Crippen molar-refractivity contribution in [3.8, 4) is 0 Å². The highest BCUT2D eigenvalue weighted by atomic mass is 35.5. The van der Waals surface area contributed by atoms with Gasteiger partial charge < -0.3 is 10.6 Å².